The molecule has 0 radical (unpaired) electrons. The van der Waals surface area contributed by atoms with Gasteiger partial charge in [-0.05, 0) is 19.4 Å². The second-order valence-electron chi connectivity index (χ2n) is 5.38. The lowest BCUT2D eigenvalue weighted by Crippen LogP contribution is -2.17. The van der Waals surface area contributed by atoms with Crippen LogP contribution in [0.1, 0.15) is 32.1 Å². The van der Waals surface area contributed by atoms with Gasteiger partial charge in [-0.25, -0.2) is 9.59 Å². The number of nitro groups is 1. The highest BCUT2D eigenvalue weighted by atomic mass is 16.6. The molecule has 0 aliphatic rings. The van der Waals surface area contributed by atoms with Crippen LogP contribution in [-0.2, 0) is 4.74 Å². The van der Waals surface area contributed by atoms with Crippen molar-refractivity contribution in [3.63, 3.8) is 0 Å². The molecule has 0 bridgehead atoms. The predicted octanol–water partition coefficient (Wildman–Crippen LogP) is 2.12. The Morgan fingerprint density at radius 3 is 2.46 bits per heavy atom. The summed E-state index contributed by atoms with van der Waals surface area (Å²) in [5, 5.41) is 29.5. The van der Waals surface area contributed by atoms with Crippen LogP contribution in [-0.4, -0.2) is 45.3 Å². The fraction of sp³-hybridized carbons (Fsp3) is 0.235. The molecule has 0 fully saturated rings. The van der Waals surface area contributed by atoms with Crippen molar-refractivity contribution in [3.8, 4) is 11.1 Å². The van der Waals surface area contributed by atoms with Gasteiger partial charge in [0, 0.05) is 17.7 Å². The summed E-state index contributed by atoms with van der Waals surface area (Å²) in [6.45, 7) is 2.31. The first-order valence-corrected chi connectivity index (χ1v) is 7.55. The van der Waals surface area contributed by atoms with Crippen molar-refractivity contribution in [2.45, 2.75) is 13.8 Å². The van der Waals surface area contributed by atoms with Gasteiger partial charge in [0.2, 0.25) is 0 Å². The number of aromatic carboxylic acids is 1. The van der Waals surface area contributed by atoms with Crippen molar-refractivity contribution in [1.82, 2.24) is 4.98 Å². The fourth-order valence-electron chi connectivity index (χ4n) is 2.64. The van der Waals surface area contributed by atoms with E-state index in [0.29, 0.717) is 0 Å². The maximum Gasteiger partial charge on any atom is 0.340 e. The Balaban J connectivity index is 2.83. The third-order valence-electron chi connectivity index (χ3n) is 3.65. The van der Waals surface area contributed by atoms with E-state index in [-0.39, 0.29) is 45.9 Å². The van der Waals surface area contributed by atoms with Gasteiger partial charge in [-0.15, -0.1) is 0 Å². The molecule has 2 rings (SSSR count). The first kappa shape index (κ1) is 19.0. The Kier molecular flexibility index (Phi) is 5.63. The Morgan fingerprint density at radius 1 is 1.23 bits per heavy atom. The van der Waals surface area contributed by atoms with Gasteiger partial charge in [0.25, 0.3) is 5.69 Å². The number of carbonyl (C=O) groups is 2. The molecular weight excluding hydrogens is 344 g/mol. The number of aliphatic hydroxyl groups excluding tert-OH is 1. The van der Waals surface area contributed by atoms with E-state index in [2.05, 4.69) is 4.98 Å². The maximum atomic E-state index is 12.4. The molecule has 0 saturated carbocycles. The van der Waals surface area contributed by atoms with E-state index in [1.54, 1.807) is 0 Å². The number of ether oxygens (including phenoxy) is 1. The van der Waals surface area contributed by atoms with E-state index < -0.39 is 23.5 Å². The number of hydrogen-bond donors (Lipinski definition) is 2. The number of pyridine rings is 1. The number of rotatable bonds is 6. The normalized spacial score (nSPS) is 10.4. The SMILES string of the molecule is Cc1nc(C)c(C(=O)OCCO)c(-c2cccc([N+](=O)[O-])c2)c1C(=O)O. The molecule has 136 valence electrons. The summed E-state index contributed by atoms with van der Waals surface area (Å²) >= 11 is 0. The number of benzene rings is 1. The second kappa shape index (κ2) is 7.70. The van der Waals surface area contributed by atoms with Crippen molar-refractivity contribution in [1.29, 1.82) is 0 Å². The molecule has 0 atom stereocenters. The Morgan fingerprint density at radius 2 is 1.88 bits per heavy atom. The summed E-state index contributed by atoms with van der Waals surface area (Å²) in [6.07, 6.45) is 0. The molecule has 0 amide bonds. The molecule has 1 aromatic heterocycles. The molecule has 2 aromatic rings. The van der Waals surface area contributed by atoms with Crippen LogP contribution in [0.15, 0.2) is 24.3 Å². The molecule has 0 aliphatic heterocycles. The predicted molar refractivity (Wildman–Crippen MR) is 90.1 cm³/mol. The smallest absolute Gasteiger partial charge is 0.340 e. The zero-order valence-electron chi connectivity index (χ0n) is 14.1. The van der Waals surface area contributed by atoms with E-state index >= 15 is 0 Å². The van der Waals surface area contributed by atoms with E-state index in [0.717, 1.165) is 0 Å². The standard InChI is InChI=1S/C17H16N2O7/c1-9-13(16(21)22)15(11-4-3-5-12(8-11)19(24)25)14(10(2)18-9)17(23)26-7-6-20/h3-5,8,20H,6-7H2,1-2H3,(H,21,22). The van der Waals surface area contributed by atoms with Gasteiger partial charge in [0.1, 0.15) is 6.61 Å². The third-order valence-corrected chi connectivity index (χ3v) is 3.65. The van der Waals surface area contributed by atoms with Gasteiger partial charge >= 0.3 is 11.9 Å². The summed E-state index contributed by atoms with van der Waals surface area (Å²) in [5.41, 5.74) is -0.0444. The molecule has 0 saturated heterocycles. The number of carboxylic acids is 1. The number of carbonyl (C=O) groups excluding carboxylic acids is 1. The Labute approximate surface area is 148 Å². The number of aryl methyl sites for hydroxylation is 2. The largest absolute Gasteiger partial charge is 0.478 e. The van der Waals surface area contributed by atoms with E-state index in [1.807, 2.05) is 0 Å². The molecule has 0 unspecified atom stereocenters. The molecule has 1 heterocycles. The molecule has 26 heavy (non-hydrogen) atoms. The Hall–Kier alpha value is -3.33. The monoisotopic (exact) mass is 360 g/mol. The Bertz CT molecular complexity index is 893. The number of esters is 1. The molecule has 0 spiro atoms. The van der Waals surface area contributed by atoms with Gasteiger partial charge in [-0.1, -0.05) is 12.1 Å². The number of aliphatic hydroxyl groups is 1. The van der Waals surface area contributed by atoms with E-state index in [4.69, 9.17) is 9.84 Å². The number of nitrogens with zero attached hydrogens (tertiary/aromatic N) is 2. The van der Waals surface area contributed by atoms with Crippen LogP contribution in [0.5, 0.6) is 0 Å². The van der Waals surface area contributed by atoms with Crippen molar-refractivity contribution in [2.75, 3.05) is 13.2 Å². The lowest BCUT2D eigenvalue weighted by Gasteiger charge is -2.16. The summed E-state index contributed by atoms with van der Waals surface area (Å²) in [5.74, 6) is -2.19. The lowest BCUT2D eigenvalue weighted by molar-refractivity contribution is -0.384. The number of carboxylic acid groups (broad SMARTS) is 1. The number of aromatic nitrogens is 1. The highest BCUT2D eigenvalue weighted by molar-refractivity contribution is 6.06. The minimum absolute atomic E-state index is 0.00543. The fourth-order valence-corrected chi connectivity index (χ4v) is 2.64. The minimum Gasteiger partial charge on any atom is -0.478 e. The molecular formula is C17H16N2O7. The minimum atomic E-state index is -1.33. The number of nitro benzene ring substituents is 1. The molecule has 1 aromatic carbocycles. The van der Waals surface area contributed by atoms with Gasteiger partial charge in [-0.3, -0.25) is 15.1 Å². The average Bonchev–Trinajstić information content (AvgIpc) is 2.58. The van der Waals surface area contributed by atoms with Crippen LogP contribution in [0.4, 0.5) is 5.69 Å². The number of non-ortho nitro benzene ring substituents is 1. The van der Waals surface area contributed by atoms with Crippen LogP contribution < -0.4 is 0 Å². The van der Waals surface area contributed by atoms with Crippen LogP contribution in [0, 0.1) is 24.0 Å². The van der Waals surface area contributed by atoms with Crippen molar-refractivity contribution in [2.24, 2.45) is 0 Å². The number of hydrogen-bond acceptors (Lipinski definition) is 7. The average molecular weight is 360 g/mol. The van der Waals surface area contributed by atoms with Crippen molar-refractivity contribution < 1.29 is 29.5 Å². The lowest BCUT2D eigenvalue weighted by atomic mass is 9.92. The summed E-state index contributed by atoms with van der Waals surface area (Å²) in [4.78, 5) is 38.7. The van der Waals surface area contributed by atoms with Crippen LogP contribution >= 0.6 is 0 Å². The van der Waals surface area contributed by atoms with Gasteiger partial charge in [-0.2, -0.15) is 0 Å². The maximum absolute atomic E-state index is 12.4. The molecule has 9 nitrogen and oxygen atoms in total. The van der Waals surface area contributed by atoms with Crippen LogP contribution in [0.2, 0.25) is 0 Å². The highest BCUT2D eigenvalue weighted by Crippen LogP contribution is 2.33. The molecule has 0 aliphatic carbocycles. The summed E-state index contributed by atoms with van der Waals surface area (Å²) in [6, 6.07) is 5.31. The highest BCUT2D eigenvalue weighted by Gasteiger charge is 2.27. The first-order chi connectivity index (χ1) is 12.3. The molecule has 9 heteroatoms. The van der Waals surface area contributed by atoms with Crippen LogP contribution in [0.25, 0.3) is 11.1 Å². The zero-order valence-corrected chi connectivity index (χ0v) is 14.1. The zero-order chi connectivity index (χ0) is 19.4. The second-order valence-corrected chi connectivity index (χ2v) is 5.38. The first-order valence-electron chi connectivity index (χ1n) is 7.55. The van der Waals surface area contributed by atoms with Crippen LogP contribution in [0.3, 0.4) is 0 Å². The van der Waals surface area contributed by atoms with Crippen molar-refractivity contribution in [3.05, 3.63) is 56.9 Å². The summed E-state index contributed by atoms with van der Waals surface area (Å²) in [7, 11) is 0. The van der Waals surface area contributed by atoms with E-state index in [9.17, 15) is 24.8 Å². The summed E-state index contributed by atoms with van der Waals surface area (Å²) < 4.78 is 4.92. The van der Waals surface area contributed by atoms with Gasteiger partial charge in [0.15, 0.2) is 0 Å². The van der Waals surface area contributed by atoms with Gasteiger partial charge < -0.3 is 14.9 Å². The van der Waals surface area contributed by atoms with E-state index in [1.165, 1.54) is 38.1 Å². The van der Waals surface area contributed by atoms with Gasteiger partial charge in [0.05, 0.1) is 34.0 Å². The topological polar surface area (TPSA) is 140 Å². The third kappa shape index (κ3) is 3.67. The molecule has 2 N–H and O–H groups in total. The quantitative estimate of drug-likeness (QED) is 0.453. The van der Waals surface area contributed by atoms with Crippen molar-refractivity contribution >= 4 is 17.6 Å².